The first-order valence-electron chi connectivity index (χ1n) is 5.02. The molecule has 0 radical (unpaired) electrons. The smallest absolute Gasteiger partial charge is 0.253 e. The van der Waals surface area contributed by atoms with E-state index in [1.165, 1.54) is 17.8 Å². The molecule has 0 unspecified atom stereocenters. The molecule has 0 spiro atoms. The van der Waals surface area contributed by atoms with Crippen LogP contribution in [0.4, 0.5) is 0 Å². The third-order valence-corrected chi connectivity index (χ3v) is 5.19. The van der Waals surface area contributed by atoms with Crippen LogP contribution in [0.2, 0.25) is 0 Å². The van der Waals surface area contributed by atoms with Crippen molar-refractivity contribution in [1.82, 2.24) is 5.32 Å². The molecule has 96 valence electrons. The van der Waals surface area contributed by atoms with E-state index in [1.54, 1.807) is 0 Å². The fourth-order valence-corrected chi connectivity index (χ4v) is 4.45. The summed E-state index contributed by atoms with van der Waals surface area (Å²) in [4.78, 5) is 11.9. The number of thiophene rings is 1. The van der Waals surface area contributed by atoms with Crippen LogP contribution in [0.25, 0.3) is 0 Å². The molecule has 2 rings (SSSR count). The third kappa shape index (κ3) is 3.67. The minimum Gasteiger partial charge on any atom is -0.350 e. The highest BCUT2D eigenvalue weighted by Crippen LogP contribution is 2.32. The highest BCUT2D eigenvalue weighted by Gasteiger charge is 2.32. The normalized spacial score (nSPS) is 16.9. The van der Waals surface area contributed by atoms with Crippen molar-refractivity contribution in [2.75, 3.05) is 6.54 Å². The molecule has 1 saturated carbocycles. The Balaban J connectivity index is 0.00000144. The minimum absolute atomic E-state index is 0. The molecular formula is C10H13Br2ClN2OS. The monoisotopic (exact) mass is 402 g/mol. The van der Waals surface area contributed by atoms with Crippen molar-refractivity contribution in [3.8, 4) is 0 Å². The lowest BCUT2D eigenvalue weighted by Crippen LogP contribution is -2.54. The number of rotatable bonds is 3. The van der Waals surface area contributed by atoms with E-state index >= 15 is 0 Å². The quantitative estimate of drug-likeness (QED) is 0.812. The van der Waals surface area contributed by atoms with Gasteiger partial charge in [0.25, 0.3) is 5.91 Å². The van der Waals surface area contributed by atoms with Crippen molar-refractivity contribution in [2.45, 2.75) is 24.8 Å². The number of hydrogen-bond acceptors (Lipinski definition) is 3. The summed E-state index contributed by atoms with van der Waals surface area (Å²) in [5, 5.41) is 2.89. The van der Waals surface area contributed by atoms with Gasteiger partial charge in [0.2, 0.25) is 0 Å². The lowest BCUT2D eigenvalue weighted by molar-refractivity contribution is 0.0929. The van der Waals surface area contributed by atoms with Gasteiger partial charge in [0.15, 0.2) is 0 Å². The molecular weight excluding hydrogens is 391 g/mol. The average molecular weight is 405 g/mol. The number of amides is 1. The third-order valence-electron chi connectivity index (χ3n) is 2.85. The minimum atomic E-state index is -0.171. The molecule has 7 heteroatoms. The Morgan fingerprint density at radius 2 is 2.18 bits per heavy atom. The summed E-state index contributed by atoms with van der Waals surface area (Å²) in [6.45, 7) is 0.561. The maximum Gasteiger partial charge on any atom is 0.253 e. The van der Waals surface area contributed by atoms with Gasteiger partial charge in [-0.25, -0.2) is 0 Å². The second-order valence-corrected chi connectivity index (χ2v) is 7.89. The van der Waals surface area contributed by atoms with Crippen LogP contribution in [0.15, 0.2) is 13.6 Å². The van der Waals surface area contributed by atoms with Crippen LogP contribution in [0.3, 0.4) is 0 Å². The van der Waals surface area contributed by atoms with Crippen LogP contribution in [-0.2, 0) is 0 Å². The van der Waals surface area contributed by atoms with Gasteiger partial charge < -0.3 is 11.1 Å². The highest BCUT2D eigenvalue weighted by atomic mass is 79.9. The molecule has 1 aromatic rings. The standard InChI is InChI=1S/C10H12Br2N2OS.ClH/c11-7-4-6(8(12)16-7)9(15)14-5-10(13)2-1-3-10;/h4H,1-3,5,13H2,(H,14,15);1H. The van der Waals surface area contributed by atoms with Crippen molar-refractivity contribution in [2.24, 2.45) is 5.73 Å². The Bertz CT molecular complexity index is 420. The highest BCUT2D eigenvalue weighted by molar-refractivity contribution is 9.12. The van der Waals surface area contributed by atoms with E-state index in [4.69, 9.17) is 5.73 Å². The lowest BCUT2D eigenvalue weighted by Gasteiger charge is -2.38. The van der Waals surface area contributed by atoms with Crippen LogP contribution in [0.5, 0.6) is 0 Å². The van der Waals surface area contributed by atoms with Gasteiger partial charge in [-0.2, -0.15) is 0 Å². The predicted molar refractivity (Wildman–Crippen MR) is 80.1 cm³/mol. The van der Waals surface area contributed by atoms with E-state index in [-0.39, 0.29) is 23.9 Å². The zero-order valence-corrected chi connectivity index (χ0v) is 13.8. The zero-order chi connectivity index (χ0) is 11.8. The van der Waals surface area contributed by atoms with Gasteiger partial charge in [0, 0.05) is 12.1 Å². The summed E-state index contributed by atoms with van der Waals surface area (Å²) in [6, 6.07) is 1.81. The molecule has 1 fully saturated rings. The second kappa shape index (κ2) is 6.02. The zero-order valence-electron chi connectivity index (χ0n) is 8.96. The number of nitrogens with one attached hydrogen (secondary N) is 1. The molecule has 1 aromatic heterocycles. The van der Waals surface area contributed by atoms with Gasteiger partial charge in [-0.15, -0.1) is 23.7 Å². The van der Waals surface area contributed by atoms with Crippen LogP contribution in [0.1, 0.15) is 29.6 Å². The van der Waals surface area contributed by atoms with E-state index in [0.29, 0.717) is 12.1 Å². The predicted octanol–water partition coefficient (Wildman–Crippen LogP) is 3.31. The lowest BCUT2D eigenvalue weighted by atomic mass is 9.78. The average Bonchev–Trinajstić information content (AvgIpc) is 2.51. The van der Waals surface area contributed by atoms with Gasteiger partial charge >= 0.3 is 0 Å². The van der Waals surface area contributed by atoms with Crippen molar-refractivity contribution < 1.29 is 4.79 Å². The molecule has 3 N–H and O–H groups in total. The summed E-state index contributed by atoms with van der Waals surface area (Å²) in [5.41, 5.74) is 6.53. The molecule has 1 heterocycles. The Hall–Kier alpha value is 0.380. The summed E-state index contributed by atoms with van der Waals surface area (Å²) in [7, 11) is 0. The molecule has 0 aromatic carbocycles. The van der Waals surface area contributed by atoms with Crippen molar-refractivity contribution in [3.05, 3.63) is 19.2 Å². The van der Waals surface area contributed by atoms with Gasteiger partial charge in [0.1, 0.15) is 0 Å². The second-order valence-electron chi connectivity index (χ2n) is 4.14. The molecule has 1 amide bonds. The number of hydrogen-bond donors (Lipinski definition) is 2. The fraction of sp³-hybridized carbons (Fsp3) is 0.500. The number of carbonyl (C=O) groups excluding carboxylic acids is 1. The molecule has 0 saturated heterocycles. The van der Waals surface area contributed by atoms with Crippen molar-refractivity contribution in [3.63, 3.8) is 0 Å². The van der Waals surface area contributed by atoms with Crippen LogP contribution in [-0.4, -0.2) is 18.0 Å². The number of halogens is 3. The van der Waals surface area contributed by atoms with E-state index in [1.807, 2.05) is 6.07 Å². The van der Waals surface area contributed by atoms with Gasteiger partial charge in [-0.3, -0.25) is 4.79 Å². The number of nitrogens with two attached hydrogens (primary N) is 1. The Labute approximate surface area is 127 Å². The molecule has 1 aliphatic rings. The topological polar surface area (TPSA) is 55.1 Å². The van der Waals surface area contributed by atoms with E-state index in [2.05, 4.69) is 37.2 Å². The molecule has 0 bridgehead atoms. The molecule has 1 aliphatic carbocycles. The maximum absolute atomic E-state index is 11.9. The first-order chi connectivity index (χ1) is 7.50. The van der Waals surface area contributed by atoms with Gasteiger partial charge in [-0.05, 0) is 57.2 Å². The summed E-state index contributed by atoms with van der Waals surface area (Å²) in [6.07, 6.45) is 3.17. The largest absolute Gasteiger partial charge is 0.350 e. The molecule has 0 atom stereocenters. The van der Waals surface area contributed by atoms with Crippen molar-refractivity contribution in [1.29, 1.82) is 0 Å². The van der Waals surface area contributed by atoms with Crippen LogP contribution < -0.4 is 11.1 Å². The van der Waals surface area contributed by atoms with Gasteiger partial charge in [0.05, 0.1) is 13.1 Å². The summed E-state index contributed by atoms with van der Waals surface area (Å²) < 4.78 is 1.78. The number of carbonyl (C=O) groups is 1. The molecule has 0 aliphatic heterocycles. The molecule has 3 nitrogen and oxygen atoms in total. The van der Waals surface area contributed by atoms with Gasteiger partial charge in [-0.1, -0.05) is 0 Å². The first kappa shape index (κ1) is 15.4. The molecule has 17 heavy (non-hydrogen) atoms. The fourth-order valence-electron chi connectivity index (χ4n) is 1.65. The van der Waals surface area contributed by atoms with E-state index in [9.17, 15) is 4.79 Å². The van der Waals surface area contributed by atoms with Crippen molar-refractivity contribution >= 4 is 61.5 Å². The maximum atomic E-state index is 11.9. The summed E-state index contributed by atoms with van der Waals surface area (Å²) in [5.74, 6) is -0.0643. The Kier molecular flexibility index (Phi) is 5.46. The Morgan fingerprint density at radius 1 is 1.53 bits per heavy atom. The first-order valence-corrected chi connectivity index (χ1v) is 7.42. The van der Waals surface area contributed by atoms with E-state index < -0.39 is 0 Å². The van der Waals surface area contributed by atoms with E-state index in [0.717, 1.165) is 20.4 Å². The SMILES string of the molecule is Cl.NC1(CNC(=O)c2cc(Br)sc2Br)CCC1. The van der Waals surface area contributed by atoms with Crippen LogP contribution >= 0.6 is 55.6 Å². The van der Waals surface area contributed by atoms with Crippen LogP contribution in [0, 0.1) is 0 Å². The summed E-state index contributed by atoms with van der Waals surface area (Å²) >= 11 is 8.21. The Morgan fingerprint density at radius 3 is 2.59 bits per heavy atom.